The van der Waals surface area contributed by atoms with Crippen molar-refractivity contribution >= 4 is 39.5 Å². The molecular weight excluding hydrogens is 1260 g/mol. The third kappa shape index (κ3) is 69.2. The number of allylic oxidation sites excluding steroid dienone is 10. The van der Waals surface area contributed by atoms with E-state index in [0.29, 0.717) is 25.7 Å². The average molecular weight is 1400 g/mol. The molecule has 0 radical (unpaired) electrons. The molecule has 96 heavy (non-hydrogen) atoms. The Balaban J connectivity index is 5.30. The monoisotopic (exact) mass is 1400 g/mol. The third-order valence-corrected chi connectivity index (χ3v) is 18.4. The molecule has 0 heterocycles. The molecule has 5 unspecified atom stereocenters. The molecule has 19 heteroatoms. The lowest BCUT2D eigenvalue weighted by Gasteiger charge is -2.21. The fraction of sp³-hybridized carbons (Fsp3) is 0.818. The highest BCUT2D eigenvalue weighted by molar-refractivity contribution is 7.47. The van der Waals surface area contributed by atoms with Gasteiger partial charge in [0.15, 0.2) is 12.2 Å². The lowest BCUT2D eigenvalue weighted by molar-refractivity contribution is -0.161. The van der Waals surface area contributed by atoms with Crippen molar-refractivity contribution in [3.63, 3.8) is 0 Å². The van der Waals surface area contributed by atoms with Gasteiger partial charge < -0.3 is 33.8 Å². The van der Waals surface area contributed by atoms with E-state index in [-0.39, 0.29) is 25.7 Å². The van der Waals surface area contributed by atoms with Gasteiger partial charge in [0.2, 0.25) is 0 Å². The third-order valence-electron chi connectivity index (χ3n) is 16.5. The number of rotatable bonds is 73. The summed E-state index contributed by atoms with van der Waals surface area (Å²) in [4.78, 5) is 72.8. The van der Waals surface area contributed by atoms with Crippen LogP contribution in [-0.2, 0) is 65.4 Å². The molecule has 0 aromatic rings. The second-order valence-corrected chi connectivity index (χ2v) is 28.8. The Bertz CT molecular complexity index is 2060. The molecule has 0 aliphatic rings. The van der Waals surface area contributed by atoms with Gasteiger partial charge in [0, 0.05) is 25.7 Å². The number of aliphatic hydroxyl groups excluding tert-OH is 1. The minimum atomic E-state index is -4.97. The SMILES string of the molecule is CC/C=C\C/C=C\C/C=C\CCCCCCCCCC(=O)OCC(COP(=O)(O)OCC(O)COP(=O)(O)OCC(COC(=O)CCCCCCC/C=C\CCCCCC)OC(=O)CCCCCCC/C=C\CCCC)OC(=O)CCCCCCCCCCCCCCCCC. The van der Waals surface area contributed by atoms with Crippen LogP contribution in [0.1, 0.15) is 349 Å². The van der Waals surface area contributed by atoms with Gasteiger partial charge in [0.05, 0.1) is 26.4 Å². The highest BCUT2D eigenvalue weighted by atomic mass is 31.2. The van der Waals surface area contributed by atoms with Gasteiger partial charge in [-0.25, -0.2) is 9.13 Å². The number of hydrogen-bond acceptors (Lipinski definition) is 15. The maximum absolute atomic E-state index is 13.1. The molecule has 0 amide bonds. The van der Waals surface area contributed by atoms with E-state index >= 15 is 0 Å². The first kappa shape index (κ1) is 92.8. The highest BCUT2D eigenvalue weighted by Gasteiger charge is 2.30. The summed E-state index contributed by atoms with van der Waals surface area (Å²) >= 11 is 0. The molecule has 0 aromatic heterocycles. The van der Waals surface area contributed by atoms with Crippen molar-refractivity contribution in [1.29, 1.82) is 0 Å². The molecule has 3 N–H and O–H groups in total. The van der Waals surface area contributed by atoms with E-state index in [2.05, 4.69) is 88.5 Å². The Labute approximate surface area is 584 Å². The van der Waals surface area contributed by atoms with Crippen LogP contribution in [0.3, 0.4) is 0 Å². The van der Waals surface area contributed by atoms with Crippen LogP contribution < -0.4 is 0 Å². The zero-order valence-electron chi connectivity index (χ0n) is 61.1. The topological polar surface area (TPSA) is 237 Å². The van der Waals surface area contributed by atoms with E-state index in [0.717, 1.165) is 167 Å². The van der Waals surface area contributed by atoms with Crippen LogP contribution in [0, 0.1) is 0 Å². The van der Waals surface area contributed by atoms with Crippen molar-refractivity contribution < 1.29 is 80.2 Å². The lowest BCUT2D eigenvalue weighted by Crippen LogP contribution is -2.30. The van der Waals surface area contributed by atoms with Crippen LogP contribution in [0.15, 0.2) is 60.8 Å². The summed E-state index contributed by atoms with van der Waals surface area (Å²) in [5.74, 6) is -2.17. The van der Waals surface area contributed by atoms with E-state index in [1.807, 2.05) is 0 Å². The zero-order valence-corrected chi connectivity index (χ0v) is 62.8. The minimum absolute atomic E-state index is 0.0869. The minimum Gasteiger partial charge on any atom is -0.462 e. The van der Waals surface area contributed by atoms with E-state index in [1.165, 1.54) is 103 Å². The van der Waals surface area contributed by atoms with Crippen molar-refractivity contribution in [2.75, 3.05) is 39.6 Å². The van der Waals surface area contributed by atoms with Gasteiger partial charge in [0.1, 0.15) is 19.3 Å². The van der Waals surface area contributed by atoms with Gasteiger partial charge in [-0.2, -0.15) is 0 Å². The number of phosphoric ester groups is 2. The molecule has 17 nitrogen and oxygen atoms in total. The zero-order chi connectivity index (χ0) is 70.4. The van der Waals surface area contributed by atoms with Crippen molar-refractivity contribution in [1.82, 2.24) is 0 Å². The molecule has 0 rings (SSSR count). The Morgan fingerprint density at radius 2 is 0.552 bits per heavy atom. The van der Waals surface area contributed by atoms with Crippen molar-refractivity contribution in [3.05, 3.63) is 60.8 Å². The van der Waals surface area contributed by atoms with Crippen LogP contribution in [-0.4, -0.2) is 96.7 Å². The molecule has 0 saturated heterocycles. The van der Waals surface area contributed by atoms with Crippen LogP contribution in [0.2, 0.25) is 0 Å². The number of ether oxygens (including phenoxy) is 4. The quantitative estimate of drug-likeness (QED) is 0.0169. The second kappa shape index (κ2) is 70.2. The molecule has 0 bridgehead atoms. The summed E-state index contributed by atoms with van der Waals surface area (Å²) < 4.78 is 68.4. The molecule has 0 spiro atoms. The summed E-state index contributed by atoms with van der Waals surface area (Å²) in [5.41, 5.74) is 0. The Morgan fingerprint density at radius 1 is 0.302 bits per heavy atom. The summed E-state index contributed by atoms with van der Waals surface area (Å²) in [6.45, 7) is 4.74. The maximum Gasteiger partial charge on any atom is 0.472 e. The van der Waals surface area contributed by atoms with Gasteiger partial charge in [-0.3, -0.25) is 37.3 Å². The largest absolute Gasteiger partial charge is 0.472 e. The standard InChI is InChI=1S/C77H140O17P2/c1-5-9-13-17-21-25-29-32-34-35-37-39-43-46-50-54-58-62-75(80)88-68-73(94-77(82)64-60-56-52-48-44-40-36-33-30-26-22-18-14-10-6-2)70-92-96(85,86)90-66-71(78)65-89-95(83,84)91-69-72(93-76(81)63-59-55-51-47-41-28-24-20-16-12-8-4)67-87-74(79)61-57-53-49-45-42-38-31-27-23-19-15-11-7-3/h9,13,20-21,24-25,27,31-32,34,71-73,78H,5-8,10-12,14-19,22-23,26,28-30,33,35-70H2,1-4H3,(H,83,84)(H,85,86)/b13-9-,24-20-,25-21-,31-27-,34-32-. The molecule has 0 fully saturated rings. The van der Waals surface area contributed by atoms with E-state index in [1.54, 1.807) is 0 Å². The number of carbonyl (C=O) groups is 4. The Morgan fingerprint density at radius 3 is 0.885 bits per heavy atom. The molecule has 0 aliphatic carbocycles. The fourth-order valence-electron chi connectivity index (χ4n) is 10.6. The normalized spacial score (nSPS) is 14.3. The van der Waals surface area contributed by atoms with Crippen molar-refractivity contribution in [2.24, 2.45) is 0 Å². The van der Waals surface area contributed by atoms with Crippen LogP contribution in [0.25, 0.3) is 0 Å². The maximum atomic E-state index is 13.1. The molecule has 560 valence electrons. The smallest absolute Gasteiger partial charge is 0.462 e. The van der Waals surface area contributed by atoms with Gasteiger partial charge in [0.25, 0.3) is 0 Å². The summed E-state index contributed by atoms with van der Waals surface area (Å²) in [6, 6.07) is 0. The van der Waals surface area contributed by atoms with E-state index in [4.69, 9.17) is 37.0 Å². The first-order valence-electron chi connectivity index (χ1n) is 38.5. The molecule has 0 aromatic carbocycles. The first-order chi connectivity index (χ1) is 46.7. The molecule has 0 aliphatic heterocycles. The van der Waals surface area contributed by atoms with Gasteiger partial charge in [-0.1, -0.05) is 281 Å². The lowest BCUT2D eigenvalue weighted by atomic mass is 10.0. The van der Waals surface area contributed by atoms with Crippen LogP contribution in [0.5, 0.6) is 0 Å². The summed E-state index contributed by atoms with van der Waals surface area (Å²) in [5, 5.41) is 10.6. The molecule has 0 saturated carbocycles. The predicted octanol–water partition coefficient (Wildman–Crippen LogP) is 21.9. The van der Waals surface area contributed by atoms with Crippen molar-refractivity contribution in [2.45, 2.75) is 367 Å². The Hall–Kier alpha value is -3.24. The van der Waals surface area contributed by atoms with Gasteiger partial charge in [-0.15, -0.1) is 0 Å². The molecular formula is C77H140O17P2. The fourth-order valence-corrected chi connectivity index (χ4v) is 12.1. The average Bonchev–Trinajstić information content (AvgIpc) is 2.18. The van der Waals surface area contributed by atoms with Gasteiger partial charge in [-0.05, 0) is 103 Å². The number of phosphoric acid groups is 2. The van der Waals surface area contributed by atoms with Crippen LogP contribution in [0.4, 0.5) is 0 Å². The van der Waals surface area contributed by atoms with Crippen molar-refractivity contribution in [3.8, 4) is 0 Å². The predicted molar refractivity (Wildman–Crippen MR) is 390 cm³/mol. The molecule has 5 atom stereocenters. The van der Waals surface area contributed by atoms with E-state index in [9.17, 15) is 43.2 Å². The summed E-state index contributed by atoms with van der Waals surface area (Å²) in [6.07, 6.45) is 67.8. The summed E-state index contributed by atoms with van der Waals surface area (Å²) in [7, 11) is -9.93. The highest BCUT2D eigenvalue weighted by Crippen LogP contribution is 2.45. The van der Waals surface area contributed by atoms with Crippen LogP contribution >= 0.6 is 15.6 Å². The van der Waals surface area contributed by atoms with E-state index < -0.39 is 97.5 Å². The number of hydrogen-bond donors (Lipinski definition) is 3. The first-order valence-corrected chi connectivity index (χ1v) is 41.5. The number of unbranched alkanes of at least 4 members (excludes halogenated alkanes) is 37. The Kier molecular flexibility index (Phi) is 67.8. The number of esters is 4. The second-order valence-electron chi connectivity index (χ2n) is 25.9. The number of aliphatic hydroxyl groups is 1. The van der Waals surface area contributed by atoms with Gasteiger partial charge >= 0.3 is 39.5 Å². The number of carbonyl (C=O) groups excluding carboxylic acids is 4.